The Labute approximate surface area is 124 Å². The first kappa shape index (κ1) is 15.6. The Hall–Kier alpha value is -1.82. The van der Waals surface area contributed by atoms with Crippen molar-refractivity contribution in [2.75, 3.05) is 13.1 Å². The van der Waals surface area contributed by atoms with E-state index in [-0.39, 0.29) is 36.1 Å². The van der Waals surface area contributed by atoms with Gasteiger partial charge in [0.25, 0.3) is 5.91 Å². The lowest BCUT2D eigenvalue weighted by Crippen LogP contribution is -2.50. The number of nitrogens with zero attached hydrogens (tertiary/aromatic N) is 1. The molecule has 1 aliphatic heterocycles. The molecule has 1 saturated heterocycles. The van der Waals surface area contributed by atoms with Gasteiger partial charge in [0.1, 0.15) is 12.4 Å². The Bertz CT molecular complexity index is 510. The third-order valence-electron chi connectivity index (χ3n) is 3.60. The van der Waals surface area contributed by atoms with Gasteiger partial charge < -0.3 is 19.7 Å². The summed E-state index contributed by atoms with van der Waals surface area (Å²) < 4.78 is 5.21. The first-order valence-electron chi connectivity index (χ1n) is 7.30. The lowest BCUT2D eigenvalue weighted by Gasteiger charge is -2.34. The summed E-state index contributed by atoms with van der Waals surface area (Å²) in [6, 6.07) is 3.06. The number of amides is 2. The summed E-state index contributed by atoms with van der Waals surface area (Å²) in [6.07, 6.45) is 1.73. The van der Waals surface area contributed by atoms with E-state index in [1.54, 1.807) is 17.0 Å². The van der Waals surface area contributed by atoms with E-state index < -0.39 is 0 Å². The summed E-state index contributed by atoms with van der Waals surface area (Å²) in [4.78, 5) is 25.9. The molecule has 2 N–H and O–H groups in total. The summed E-state index contributed by atoms with van der Waals surface area (Å²) in [5.41, 5.74) is 0. The van der Waals surface area contributed by atoms with Gasteiger partial charge in [-0.05, 0) is 25.0 Å². The van der Waals surface area contributed by atoms with E-state index in [1.165, 1.54) is 0 Å². The topological polar surface area (TPSA) is 82.8 Å². The maximum absolute atomic E-state index is 12.1. The van der Waals surface area contributed by atoms with Gasteiger partial charge in [-0.1, -0.05) is 13.8 Å². The zero-order valence-corrected chi connectivity index (χ0v) is 12.5. The molecule has 21 heavy (non-hydrogen) atoms. The van der Waals surface area contributed by atoms with Crippen LogP contribution < -0.4 is 5.32 Å². The number of aliphatic hydroxyl groups excluding tert-OH is 1. The minimum Gasteiger partial charge on any atom is -0.453 e. The molecule has 0 unspecified atom stereocenters. The lowest BCUT2D eigenvalue weighted by molar-refractivity contribution is -0.135. The fourth-order valence-corrected chi connectivity index (χ4v) is 2.50. The third kappa shape index (κ3) is 3.85. The summed E-state index contributed by atoms with van der Waals surface area (Å²) in [5.74, 6) is 0.330. The summed E-state index contributed by atoms with van der Waals surface area (Å²) in [6.45, 7) is 4.82. The number of carbonyl (C=O) groups is 2. The molecule has 1 fully saturated rings. The number of hydrogen-bond acceptors (Lipinski definition) is 4. The number of furan rings is 1. The van der Waals surface area contributed by atoms with Gasteiger partial charge in [-0.2, -0.15) is 0 Å². The standard InChI is InChI=1S/C15H22N2O4/c1-10(2)15(20)17-7-3-4-11(8-17)16-14(19)13-6-5-12(9-18)21-13/h5-6,10-11,18H,3-4,7-9H2,1-2H3,(H,16,19)/t11-/m1/s1. The monoisotopic (exact) mass is 294 g/mol. The zero-order valence-electron chi connectivity index (χ0n) is 12.5. The molecule has 0 bridgehead atoms. The molecule has 1 aromatic rings. The molecule has 0 aromatic carbocycles. The second-order valence-corrected chi connectivity index (χ2v) is 5.68. The minimum atomic E-state index is -0.307. The molecular formula is C15H22N2O4. The highest BCUT2D eigenvalue weighted by molar-refractivity contribution is 5.91. The molecule has 0 spiro atoms. The third-order valence-corrected chi connectivity index (χ3v) is 3.60. The van der Waals surface area contributed by atoms with Crippen LogP contribution in [0.5, 0.6) is 0 Å². The molecule has 0 radical (unpaired) electrons. The van der Waals surface area contributed by atoms with Crippen molar-refractivity contribution in [3.05, 3.63) is 23.7 Å². The predicted octanol–water partition coefficient (Wildman–Crippen LogP) is 1.15. The molecule has 6 heteroatoms. The Morgan fingerprint density at radius 2 is 2.24 bits per heavy atom. The molecular weight excluding hydrogens is 272 g/mol. The molecule has 116 valence electrons. The van der Waals surface area contributed by atoms with E-state index in [4.69, 9.17) is 9.52 Å². The van der Waals surface area contributed by atoms with Crippen LogP contribution in [-0.4, -0.2) is 41.0 Å². The number of aliphatic hydroxyl groups is 1. The highest BCUT2D eigenvalue weighted by Gasteiger charge is 2.26. The van der Waals surface area contributed by atoms with Crippen molar-refractivity contribution in [2.45, 2.75) is 39.3 Å². The second-order valence-electron chi connectivity index (χ2n) is 5.68. The van der Waals surface area contributed by atoms with Crippen LogP contribution in [0.4, 0.5) is 0 Å². The van der Waals surface area contributed by atoms with Crippen molar-refractivity contribution in [3.63, 3.8) is 0 Å². The first-order valence-corrected chi connectivity index (χ1v) is 7.30. The highest BCUT2D eigenvalue weighted by atomic mass is 16.4. The fraction of sp³-hybridized carbons (Fsp3) is 0.600. The predicted molar refractivity (Wildman–Crippen MR) is 76.5 cm³/mol. The molecule has 1 aromatic heterocycles. The van der Waals surface area contributed by atoms with Crippen molar-refractivity contribution >= 4 is 11.8 Å². The largest absolute Gasteiger partial charge is 0.453 e. The smallest absolute Gasteiger partial charge is 0.287 e. The fourth-order valence-electron chi connectivity index (χ4n) is 2.50. The van der Waals surface area contributed by atoms with E-state index in [1.807, 2.05) is 13.8 Å². The average molecular weight is 294 g/mol. The maximum atomic E-state index is 12.1. The van der Waals surface area contributed by atoms with E-state index in [9.17, 15) is 9.59 Å². The van der Waals surface area contributed by atoms with Gasteiger partial charge in [0, 0.05) is 25.0 Å². The Kier molecular flexibility index (Phi) is 5.01. The van der Waals surface area contributed by atoms with Crippen LogP contribution in [0, 0.1) is 5.92 Å². The van der Waals surface area contributed by atoms with E-state index in [0.29, 0.717) is 12.3 Å². The molecule has 0 aliphatic carbocycles. The molecule has 2 rings (SSSR count). The summed E-state index contributed by atoms with van der Waals surface area (Å²) in [5, 5.41) is 11.8. The highest BCUT2D eigenvalue weighted by Crippen LogP contribution is 2.14. The van der Waals surface area contributed by atoms with Gasteiger partial charge in [0.05, 0.1) is 0 Å². The van der Waals surface area contributed by atoms with Crippen LogP contribution in [0.25, 0.3) is 0 Å². The number of rotatable bonds is 4. The quantitative estimate of drug-likeness (QED) is 0.872. The number of hydrogen-bond donors (Lipinski definition) is 2. The van der Waals surface area contributed by atoms with Crippen molar-refractivity contribution < 1.29 is 19.1 Å². The van der Waals surface area contributed by atoms with E-state index >= 15 is 0 Å². The Morgan fingerprint density at radius 3 is 2.86 bits per heavy atom. The summed E-state index contributed by atoms with van der Waals surface area (Å²) in [7, 11) is 0. The van der Waals surface area contributed by atoms with Crippen molar-refractivity contribution in [1.29, 1.82) is 0 Å². The normalized spacial score (nSPS) is 18.9. The number of piperidine rings is 1. The molecule has 1 atom stereocenters. The van der Waals surface area contributed by atoms with Crippen molar-refractivity contribution in [2.24, 2.45) is 5.92 Å². The van der Waals surface area contributed by atoms with Gasteiger partial charge >= 0.3 is 0 Å². The zero-order chi connectivity index (χ0) is 15.4. The van der Waals surface area contributed by atoms with Gasteiger partial charge in [-0.25, -0.2) is 0 Å². The Morgan fingerprint density at radius 1 is 1.48 bits per heavy atom. The molecule has 1 aliphatic rings. The van der Waals surface area contributed by atoms with E-state index in [0.717, 1.165) is 19.4 Å². The van der Waals surface area contributed by atoms with Gasteiger partial charge in [-0.15, -0.1) is 0 Å². The maximum Gasteiger partial charge on any atom is 0.287 e. The SMILES string of the molecule is CC(C)C(=O)N1CCC[C@@H](NC(=O)c2ccc(CO)o2)C1. The molecule has 0 saturated carbocycles. The molecule has 2 heterocycles. The number of nitrogens with one attached hydrogen (secondary N) is 1. The van der Waals surface area contributed by atoms with Crippen molar-refractivity contribution in [3.8, 4) is 0 Å². The van der Waals surface area contributed by atoms with Crippen LogP contribution in [0.2, 0.25) is 0 Å². The summed E-state index contributed by atoms with van der Waals surface area (Å²) >= 11 is 0. The molecule has 2 amide bonds. The van der Waals surface area contributed by atoms with E-state index in [2.05, 4.69) is 5.32 Å². The first-order chi connectivity index (χ1) is 10.0. The van der Waals surface area contributed by atoms with Crippen LogP contribution in [0.15, 0.2) is 16.5 Å². The van der Waals surface area contributed by atoms with Crippen LogP contribution in [0.3, 0.4) is 0 Å². The molecule has 6 nitrogen and oxygen atoms in total. The number of likely N-dealkylation sites (tertiary alicyclic amines) is 1. The number of carbonyl (C=O) groups excluding carboxylic acids is 2. The Balaban J connectivity index is 1.93. The van der Waals surface area contributed by atoms with Gasteiger partial charge in [-0.3, -0.25) is 9.59 Å². The van der Waals surface area contributed by atoms with Crippen LogP contribution in [0.1, 0.15) is 43.0 Å². The van der Waals surface area contributed by atoms with Gasteiger partial charge in [0.2, 0.25) is 5.91 Å². The van der Waals surface area contributed by atoms with Crippen LogP contribution in [-0.2, 0) is 11.4 Å². The van der Waals surface area contributed by atoms with Crippen molar-refractivity contribution in [1.82, 2.24) is 10.2 Å². The minimum absolute atomic E-state index is 0.0309. The second kappa shape index (κ2) is 6.76. The van der Waals surface area contributed by atoms with Gasteiger partial charge in [0.15, 0.2) is 5.76 Å². The van der Waals surface area contributed by atoms with Crippen LogP contribution >= 0.6 is 0 Å². The average Bonchev–Trinajstić information content (AvgIpc) is 2.95. The lowest BCUT2D eigenvalue weighted by atomic mass is 10.0.